The van der Waals surface area contributed by atoms with E-state index in [4.69, 9.17) is 12.2 Å². The van der Waals surface area contributed by atoms with E-state index in [-0.39, 0.29) is 23.3 Å². The molecule has 0 aliphatic carbocycles. The van der Waals surface area contributed by atoms with Crippen molar-refractivity contribution in [3.8, 4) is 5.75 Å². The Labute approximate surface area is 193 Å². The van der Waals surface area contributed by atoms with Crippen molar-refractivity contribution in [1.82, 2.24) is 14.9 Å². The van der Waals surface area contributed by atoms with Crippen molar-refractivity contribution in [2.75, 3.05) is 0 Å². The maximum Gasteiger partial charge on any atom is 0.573 e. The lowest BCUT2D eigenvalue weighted by atomic mass is 10.1. The van der Waals surface area contributed by atoms with Crippen LogP contribution in [0.2, 0.25) is 0 Å². The number of nitrogens with zero attached hydrogens (tertiary/aromatic N) is 1. The van der Waals surface area contributed by atoms with Crippen LogP contribution in [0.4, 0.5) is 13.2 Å². The summed E-state index contributed by atoms with van der Waals surface area (Å²) in [6.45, 7) is 2.22. The average Bonchev–Trinajstić information content (AvgIpc) is 2.75. The Morgan fingerprint density at radius 1 is 1.12 bits per heavy atom. The molecule has 0 bridgehead atoms. The predicted molar refractivity (Wildman–Crippen MR) is 122 cm³/mol. The second kappa shape index (κ2) is 10.7. The summed E-state index contributed by atoms with van der Waals surface area (Å²) >= 11 is 5.29. The smallest absolute Gasteiger partial charge is 0.406 e. The van der Waals surface area contributed by atoms with Crippen LogP contribution in [0, 0.1) is 4.77 Å². The van der Waals surface area contributed by atoms with Crippen LogP contribution in [-0.4, -0.2) is 21.8 Å². The van der Waals surface area contributed by atoms with E-state index in [0.29, 0.717) is 47.0 Å². The lowest BCUT2D eigenvalue weighted by Gasteiger charge is -2.15. The molecule has 10 heteroatoms. The molecule has 1 aromatic heterocycles. The number of amides is 1. The first-order chi connectivity index (χ1) is 15.6. The zero-order valence-corrected chi connectivity index (χ0v) is 18.8. The molecule has 6 nitrogen and oxygen atoms in total. The first kappa shape index (κ1) is 24.5. The maximum absolute atomic E-state index is 12.6. The molecule has 1 atom stereocenters. The molecule has 2 N–H and O–H groups in total. The first-order valence-electron chi connectivity index (χ1n) is 10.5. The molecule has 0 saturated heterocycles. The Morgan fingerprint density at radius 2 is 1.82 bits per heavy atom. The molecular formula is C23H24F3N3O3S. The molecule has 1 heterocycles. The summed E-state index contributed by atoms with van der Waals surface area (Å²) < 4.78 is 42.5. The highest BCUT2D eigenvalue weighted by Crippen LogP contribution is 2.24. The minimum Gasteiger partial charge on any atom is -0.406 e. The lowest BCUT2D eigenvalue weighted by molar-refractivity contribution is -0.274. The molecule has 0 radical (unpaired) electrons. The number of rotatable bonds is 9. The molecule has 3 aromatic rings. The molecule has 33 heavy (non-hydrogen) atoms. The number of alkyl halides is 3. The fourth-order valence-corrected chi connectivity index (χ4v) is 3.77. The van der Waals surface area contributed by atoms with Crippen molar-refractivity contribution in [2.24, 2.45) is 0 Å². The number of halogens is 3. The second-order valence-electron chi connectivity index (χ2n) is 7.65. The molecule has 0 spiro atoms. The minimum atomic E-state index is -4.74. The van der Waals surface area contributed by atoms with Crippen LogP contribution in [0.3, 0.4) is 0 Å². The standard InChI is InChI=1S/C23H24F3N3O3S/c1-15(16-10-12-17(13-11-16)32-23(24,25)26)27-20(30)9-3-2-6-14-29-21(31)18-7-4-5-8-19(18)28-22(29)33/h4-5,7-8,10-13,15H,2-3,6,9,14H2,1H3,(H,27,30)(H,28,33). The fraction of sp³-hybridized carbons (Fsp3) is 0.348. The first-order valence-corrected chi connectivity index (χ1v) is 10.9. The highest BCUT2D eigenvalue weighted by Gasteiger charge is 2.31. The summed E-state index contributed by atoms with van der Waals surface area (Å²) in [5.74, 6) is -0.464. The Morgan fingerprint density at radius 3 is 2.52 bits per heavy atom. The number of hydrogen-bond acceptors (Lipinski definition) is 4. The molecule has 0 aliphatic heterocycles. The third-order valence-corrected chi connectivity index (χ3v) is 5.49. The number of nitrogens with one attached hydrogen (secondary N) is 2. The number of hydrogen-bond donors (Lipinski definition) is 2. The van der Waals surface area contributed by atoms with E-state index in [2.05, 4.69) is 15.0 Å². The van der Waals surface area contributed by atoms with Gasteiger partial charge in [0, 0.05) is 13.0 Å². The van der Waals surface area contributed by atoms with Gasteiger partial charge in [-0.15, -0.1) is 13.2 Å². The van der Waals surface area contributed by atoms with E-state index in [1.54, 1.807) is 25.1 Å². The summed E-state index contributed by atoms with van der Waals surface area (Å²) in [5.41, 5.74) is 1.24. The van der Waals surface area contributed by atoms with E-state index >= 15 is 0 Å². The number of fused-ring (bicyclic) bond motifs is 1. The molecule has 3 rings (SSSR count). The monoisotopic (exact) mass is 479 g/mol. The van der Waals surface area contributed by atoms with E-state index in [1.807, 2.05) is 6.07 Å². The van der Waals surface area contributed by atoms with Gasteiger partial charge in [-0.2, -0.15) is 0 Å². The van der Waals surface area contributed by atoms with Crippen LogP contribution in [0.15, 0.2) is 53.3 Å². The van der Waals surface area contributed by atoms with Gasteiger partial charge in [0.05, 0.1) is 16.9 Å². The lowest BCUT2D eigenvalue weighted by Crippen LogP contribution is -2.26. The number of carbonyl (C=O) groups is 1. The normalized spacial score (nSPS) is 12.5. The predicted octanol–water partition coefficient (Wildman–Crippen LogP) is 5.40. The average molecular weight is 480 g/mol. The van der Waals surface area contributed by atoms with Gasteiger partial charge in [0.2, 0.25) is 5.91 Å². The number of benzene rings is 2. The van der Waals surface area contributed by atoms with E-state index in [1.165, 1.54) is 28.8 Å². The maximum atomic E-state index is 12.6. The Kier molecular flexibility index (Phi) is 7.91. The summed E-state index contributed by atoms with van der Waals surface area (Å²) in [4.78, 5) is 27.9. The van der Waals surface area contributed by atoms with E-state index in [9.17, 15) is 22.8 Å². The van der Waals surface area contributed by atoms with Crippen molar-refractivity contribution in [1.29, 1.82) is 0 Å². The van der Waals surface area contributed by atoms with Gasteiger partial charge in [-0.1, -0.05) is 30.7 Å². The van der Waals surface area contributed by atoms with Crippen LogP contribution in [0.25, 0.3) is 10.9 Å². The summed E-state index contributed by atoms with van der Waals surface area (Å²) in [5, 5.41) is 3.41. The van der Waals surface area contributed by atoms with Gasteiger partial charge in [-0.05, 0) is 61.8 Å². The molecular weight excluding hydrogens is 455 g/mol. The van der Waals surface area contributed by atoms with Crippen LogP contribution in [-0.2, 0) is 11.3 Å². The fourth-order valence-electron chi connectivity index (χ4n) is 3.49. The quantitative estimate of drug-likeness (QED) is 0.319. The highest BCUT2D eigenvalue weighted by molar-refractivity contribution is 7.71. The molecule has 2 aromatic carbocycles. The van der Waals surface area contributed by atoms with Gasteiger partial charge >= 0.3 is 6.36 Å². The van der Waals surface area contributed by atoms with Crippen LogP contribution >= 0.6 is 12.2 Å². The van der Waals surface area contributed by atoms with Gasteiger partial charge < -0.3 is 15.0 Å². The van der Waals surface area contributed by atoms with Gasteiger partial charge in [0.25, 0.3) is 5.56 Å². The van der Waals surface area contributed by atoms with Crippen LogP contribution in [0.5, 0.6) is 5.75 Å². The van der Waals surface area contributed by atoms with Crippen molar-refractivity contribution >= 4 is 29.0 Å². The number of aromatic nitrogens is 2. The van der Waals surface area contributed by atoms with Crippen LogP contribution in [0.1, 0.15) is 44.2 Å². The van der Waals surface area contributed by atoms with E-state index in [0.717, 1.165) is 6.42 Å². The number of aromatic amines is 1. The Bertz CT molecular complexity index is 1220. The number of ether oxygens (including phenoxy) is 1. The molecule has 0 aliphatic rings. The number of unbranched alkanes of at least 4 members (excludes halogenated alkanes) is 2. The van der Waals surface area contributed by atoms with Crippen molar-refractivity contribution in [3.05, 3.63) is 69.2 Å². The Hall–Kier alpha value is -3.14. The zero-order valence-electron chi connectivity index (χ0n) is 17.9. The molecule has 0 fully saturated rings. The third kappa shape index (κ3) is 6.92. The van der Waals surface area contributed by atoms with Gasteiger partial charge in [-0.25, -0.2) is 0 Å². The van der Waals surface area contributed by atoms with Crippen molar-refractivity contribution in [3.63, 3.8) is 0 Å². The summed E-state index contributed by atoms with van der Waals surface area (Å²) in [6.07, 6.45) is -2.37. The summed E-state index contributed by atoms with van der Waals surface area (Å²) in [6, 6.07) is 12.2. The number of para-hydroxylation sites is 1. The number of carbonyl (C=O) groups excluding carboxylic acids is 1. The molecule has 0 saturated carbocycles. The number of H-pyrrole nitrogens is 1. The van der Waals surface area contributed by atoms with Crippen molar-refractivity contribution in [2.45, 2.75) is 51.6 Å². The van der Waals surface area contributed by atoms with Gasteiger partial charge in [-0.3, -0.25) is 14.2 Å². The molecule has 1 amide bonds. The third-order valence-electron chi connectivity index (χ3n) is 5.17. The molecule has 176 valence electrons. The molecule has 1 unspecified atom stereocenters. The SMILES string of the molecule is CC(NC(=O)CCCCCn1c(=S)[nH]c2ccccc2c1=O)c1ccc(OC(F)(F)F)cc1. The highest BCUT2D eigenvalue weighted by atomic mass is 32.1. The largest absolute Gasteiger partial charge is 0.573 e. The Balaban J connectivity index is 1.43. The minimum absolute atomic E-state index is 0.132. The summed E-state index contributed by atoms with van der Waals surface area (Å²) in [7, 11) is 0. The topological polar surface area (TPSA) is 76.1 Å². The second-order valence-corrected chi connectivity index (χ2v) is 8.04. The van der Waals surface area contributed by atoms with Crippen molar-refractivity contribution < 1.29 is 22.7 Å². The van der Waals surface area contributed by atoms with E-state index < -0.39 is 6.36 Å². The van der Waals surface area contributed by atoms with Gasteiger partial charge in [0.15, 0.2) is 4.77 Å². The zero-order chi connectivity index (χ0) is 24.0. The van der Waals surface area contributed by atoms with Gasteiger partial charge in [0.1, 0.15) is 5.75 Å². The van der Waals surface area contributed by atoms with Crippen LogP contribution < -0.4 is 15.6 Å².